The molecule has 5 heteroatoms. The van der Waals surface area contributed by atoms with Crippen LogP contribution in [-0.2, 0) is 4.79 Å². The number of carbonyl (C=O) groups is 1. The molecule has 94 valence electrons. The van der Waals surface area contributed by atoms with Crippen molar-refractivity contribution in [2.45, 2.75) is 32.4 Å². The molecular formula is C12H17FN2O2. The Morgan fingerprint density at radius 1 is 1.59 bits per heavy atom. The van der Waals surface area contributed by atoms with Crippen molar-refractivity contribution in [3.8, 4) is 5.75 Å². The van der Waals surface area contributed by atoms with Gasteiger partial charge in [-0.3, -0.25) is 10.1 Å². The zero-order chi connectivity index (χ0) is 13.0. The van der Waals surface area contributed by atoms with Crippen molar-refractivity contribution in [1.29, 1.82) is 0 Å². The summed E-state index contributed by atoms with van der Waals surface area (Å²) in [5.74, 6) is -1.31. The molecule has 0 bridgehead atoms. The number of amides is 1. The summed E-state index contributed by atoms with van der Waals surface area (Å²) in [5, 5.41) is 12.6. The zero-order valence-corrected chi connectivity index (χ0v) is 9.90. The summed E-state index contributed by atoms with van der Waals surface area (Å²) < 4.78 is 13.1. The van der Waals surface area contributed by atoms with E-state index in [1.54, 1.807) is 0 Å². The number of primary amides is 1. The molecule has 1 rings (SSSR count). The highest BCUT2D eigenvalue weighted by Gasteiger charge is 2.22. The standard InChI is InChI=1S/C12H17FN2O2/c1-3-7(2)15-11(12(14)17)9-6-8(13)4-5-10(9)16/h4-7,11,15-16H,3H2,1-2H3,(H2,14,17). The highest BCUT2D eigenvalue weighted by molar-refractivity contribution is 5.82. The lowest BCUT2D eigenvalue weighted by Crippen LogP contribution is -2.38. The lowest BCUT2D eigenvalue weighted by molar-refractivity contribution is -0.120. The van der Waals surface area contributed by atoms with Crippen LogP contribution in [0.2, 0.25) is 0 Å². The van der Waals surface area contributed by atoms with E-state index in [1.807, 2.05) is 13.8 Å². The first-order valence-electron chi connectivity index (χ1n) is 5.49. The average molecular weight is 240 g/mol. The van der Waals surface area contributed by atoms with E-state index in [0.717, 1.165) is 18.6 Å². The molecule has 1 aromatic rings. The quantitative estimate of drug-likeness (QED) is 0.729. The molecule has 0 fully saturated rings. The second-order valence-corrected chi connectivity index (χ2v) is 4.01. The van der Waals surface area contributed by atoms with Gasteiger partial charge < -0.3 is 10.8 Å². The van der Waals surface area contributed by atoms with Gasteiger partial charge in [0.15, 0.2) is 0 Å². The second-order valence-electron chi connectivity index (χ2n) is 4.01. The van der Waals surface area contributed by atoms with Crippen molar-refractivity contribution in [2.24, 2.45) is 5.73 Å². The molecule has 2 atom stereocenters. The van der Waals surface area contributed by atoms with E-state index < -0.39 is 17.8 Å². The number of aromatic hydroxyl groups is 1. The Bertz CT molecular complexity index is 409. The largest absolute Gasteiger partial charge is 0.508 e. The Balaban J connectivity index is 3.05. The summed E-state index contributed by atoms with van der Waals surface area (Å²) in [4.78, 5) is 11.3. The minimum absolute atomic E-state index is 0.0372. The maximum atomic E-state index is 13.1. The third-order valence-corrected chi connectivity index (χ3v) is 2.65. The first kappa shape index (κ1) is 13.4. The third kappa shape index (κ3) is 3.42. The molecule has 0 radical (unpaired) electrons. The van der Waals surface area contributed by atoms with E-state index in [2.05, 4.69) is 5.32 Å². The Morgan fingerprint density at radius 2 is 2.24 bits per heavy atom. The van der Waals surface area contributed by atoms with E-state index in [0.29, 0.717) is 0 Å². The summed E-state index contributed by atoms with van der Waals surface area (Å²) in [6.45, 7) is 3.83. The highest BCUT2D eigenvalue weighted by atomic mass is 19.1. The van der Waals surface area contributed by atoms with Gasteiger partial charge in [0.2, 0.25) is 5.91 Å². The molecule has 4 N–H and O–H groups in total. The molecule has 0 aliphatic rings. The molecule has 0 saturated carbocycles. The van der Waals surface area contributed by atoms with Crippen LogP contribution in [0.4, 0.5) is 4.39 Å². The van der Waals surface area contributed by atoms with Crippen LogP contribution < -0.4 is 11.1 Å². The van der Waals surface area contributed by atoms with Crippen LogP contribution in [0.3, 0.4) is 0 Å². The van der Waals surface area contributed by atoms with Gasteiger partial charge in [-0.15, -0.1) is 0 Å². The van der Waals surface area contributed by atoms with Crippen LogP contribution >= 0.6 is 0 Å². The summed E-state index contributed by atoms with van der Waals surface area (Å²) in [6, 6.07) is 2.59. The van der Waals surface area contributed by atoms with Crippen molar-refractivity contribution < 1.29 is 14.3 Å². The van der Waals surface area contributed by atoms with E-state index in [4.69, 9.17) is 5.73 Å². The average Bonchev–Trinajstić information content (AvgIpc) is 2.28. The van der Waals surface area contributed by atoms with Crippen LogP contribution in [0.5, 0.6) is 5.75 Å². The lowest BCUT2D eigenvalue weighted by atomic mass is 10.0. The lowest BCUT2D eigenvalue weighted by Gasteiger charge is -2.21. The summed E-state index contributed by atoms with van der Waals surface area (Å²) in [7, 11) is 0. The summed E-state index contributed by atoms with van der Waals surface area (Å²) in [6.07, 6.45) is 0.792. The fourth-order valence-electron chi connectivity index (χ4n) is 1.48. The Morgan fingerprint density at radius 3 is 2.76 bits per heavy atom. The molecule has 0 aliphatic heterocycles. The molecule has 0 aromatic heterocycles. The Hall–Kier alpha value is -1.62. The zero-order valence-electron chi connectivity index (χ0n) is 9.90. The normalized spacial score (nSPS) is 14.3. The predicted octanol–water partition coefficient (Wildman–Crippen LogP) is 1.45. The molecule has 17 heavy (non-hydrogen) atoms. The van der Waals surface area contributed by atoms with Gasteiger partial charge in [-0.05, 0) is 31.5 Å². The number of nitrogens with two attached hydrogens (primary N) is 1. The minimum Gasteiger partial charge on any atom is -0.508 e. The number of nitrogens with one attached hydrogen (secondary N) is 1. The number of hydrogen-bond donors (Lipinski definition) is 3. The Labute approximate surface area is 99.6 Å². The van der Waals surface area contributed by atoms with E-state index >= 15 is 0 Å². The van der Waals surface area contributed by atoms with Gasteiger partial charge in [0, 0.05) is 11.6 Å². The summed E-state index contributed by atoms with van der Waals surface area (Å²) >= 11 is 0. The molecule has 0 heterocycles. The van der Waals surface area contributed by atoms with Crippen molar-refractivity contribution in [1.82, 2.24) is 5.32 Å². The second kappa shape index (κ2) is 5.63. The molecule has 1 amide bonds. The number of benzene rings is 1. The number of hydrogen-bond acceptors (Lipinski definition) is 3. The number of rotatable bonds is 5. The van der Waals surface area contributed by atoms with Gasteiger partial charge >= 0.3 is 0 Å². The monoisotopic (exact) mass is 240 g/mol. The fourth-order valence-corrected chi connectivity index (χ4v) is 1.48. The van der Waals surface area contributed by atoms with Gasteiger partial charge in [0.25, 0.3) is 0 Å². The molecule has 1 aromatic carbocycles. The van der Waals surface area contributed by atoms with Gasteiger partial charge in [-0.25, -0.2) is 4.39 Å². The minimum atomic E-state index is -0.888. The first-order chi connectivity index (χ1) is 7.95. The fraction of sp³-hybridized carbons (Fsp3) is 0.417. The molecule has 4 nitrogen and oxygen atoms in total. The SMILES string of the molecule is CCC(C)NC(C(N)=O)c1cc(F)ccc1O. The Kier molecular flexibility index (Phi) is 4.45. The topological polar surface area (TPSA) is 75.3 Å². The molecule has 0 aliphatic carbocycles. The first-order valence-corrected chi connectivity index (χ1v) is 5.49. The highest BCUT2D eigenvalue weighted by Crippen LogP contribution is 2.25. The molecule has 2 unspecified atom stereocenters. The van der Waals surface area contributed by atoms with Crippen LogP contribution in [0.25, 0.3) is 0 Å². The van der Waals surface area contributed by atoms with Crippen molar-refractivity contribution in [3.63, 3.8) is 0 Å². The molecule has 0 saturated heterocycles. The van der Waals surface area contributed by atoms with E-state index in [1.165, 1.54) is 6.07 Å². The number of phenolic OH excluding ortho intramolecular Hbond substituents is 1. The summed E-state index contributed by atoms with van der Waals surface area (Å²) in [5.41, 5.74) is 5.42. The van der Waals surface area contributed by atoms with Gasteiger partial charge in [0.1, 0.15) is 17.6 Å². The van der Waals surface area contributed by atoms with Crippen LogP contribution in [-0.4, -0.2) is 17.1 Å². The van der Waals surface area contributed by atoms with Crippen LogP contribution in [0.1, 0.15) is 31.9 Å². The van der Waals surface area contributed by atoms with Gasteiger partial charge in [-0.1, -0.05) is 6.92 Å². The molecule has 0 spiro atoms. The van der Waals surface area contributed by atoms with Crippen molar-refractivity contribution in [3.05, 3.63) is 29.6 Å². The maximum absolute atomic E-state index is 13.1. The maximum Gasteiger partial charge on any atom is 0.239 e. The number of carbonyl (C=O) groups excluding carboxylic acids is 1. The number of halogens is 1. The van der Waals surface area contributed by atoms with Gasteiger partial charge in [-0.2, -0.15) is 0 Å². The van der Waals surface area contributed by atoms with Crippen molar-refractivity contribution >= 4 is 5.91 Å². The van der Waals surface area contributed by atoms with Gasteiger partial charge in [0.05, 0.1) is 0 Å². The van der Waals surface area contributed by atoms with E-state index in [9.17, 15) is 14.3 Å². The molecular weight excluding hydrogens is 223 g/mol. The van der Waals surface area contributed by atoms with E-state index in [-0.39, 0.29) is 17.4 Å². The van der Waals surface area contributed by atoms with Crippen LogP contribution in [0, 0.1) is 5.82 Å². The number of phenols is 1. The smallest absolute Gasteiger partial charge is 0.239 e. The van der Waals surface area contributed by atoms with Crippen LogP contribution in [0.15, 0.2) is 18.2 Å². The predicted molar refractivity (Wildman–Crippen MR) is 62.9 cm³/mol. The third-order valence-electron chi connectivity index (χ3n) is 2.65. The van der Waals surface area contributed by atoms with Crippen molar-refractivity contribution in [2.75, 3.05) is 0 Å².